The molecule has 0 unspecified atom stereocenters. The van der Waals surface area contributed by atoms with E-state index in [2.05, 4.69) is 21.2 Å². The van der Waals surface area contributed by atoms with Crippen molar-refractivity contribution in [3.05, 3.63) is 0 Å². The standard InChI is InChI=1S/C8H12N4O3/c13-5-9-2-1-3-10-8(15)6-4-7(14)12-11-6/h5H,1-4H2,(H,9,13)(H,10,15)(H,12,14). The van der Waals surface area contributed by atoms with Crippen molar-refractivity contribution in [2.75, 3.05) is 13.1 Å². The molecule has 1 rings (SSSR count). The van der Waals surface area contributed by atoms with E-state index in [4.69, 9.17) is 0 Å². The third-order valence-corrected chi connectivity index (χ3v) is 1.77. The highest BCUT2D eigenvalue weighted by Gasteiger charge is 2.20. The molecule has 0 aromatic carbocycles. The highest BCUT2D eigenvalue weighted by molar-refractivity contribution is 6.43. The van der Waals surface area contributed by atoms with Crippen LogP contribution in [0.5, 0.6) is 0 Å². The molecule has 0 radical (unpaired) electrons. The van der Waals surface area contributed by atoms with E-state index in [0.29, 0.717) is 25.9 Å². The van der Waals surface area contributed by atoms with Crippen LogP contribution in [0.3, 0.4) is 0 Å². The monoisotopic (exact) mass is 212 g/mol. The van der Waals surface area contributed by atoms with Crippen LogP contribution in [0.15, 0.2) is 5.10 Å². The second-order valence-electron chi connectivity index (χ2n) is 2.95. The normalized spacial score (nSPS) is 14.1. The van der Waals surface area contributed by atoms with Gasteiger partial charge in [-0.3, -0.25) is 14.4 Å². The maximum Gasteiger partial charge on any atom is 0.268 e. The Bertz CT molecular complexity index is 300. The number of nitrogens with one attached hydrogen (secondary N) is 3. The number of carbonyl (C=O) groups is 3. The number of carbonyl (C=O) groups excluding carboxylic acids is 3. The van der Waals surface area contributed by atoms with Crippen molar-refractivity contribution in [3.8, 4) is 0 Å². The van der Waals surface area contributed by atoms with E-state index in [-0.39, 0.29) is 23.9 Å². The van der Waals surface area contributed by atoms with Gasteiger partial charge in [0.2, 0.25) is 12.3 Å². The van der Waals surface area contributed by atoms with Crippen molar-refractivity contribution in [1.29, 1.82) is 0 Å². The average molecular weight is 212 g/mol. The zero-order chi connectivity index (χ0) is 11.1. The number of hydrogen-bond acceptors (Lipinski definition) is 4. The van der Waals surface area contributed by atoms with Crippen LogP contribution in [0.1, 0.15) is 12.8 Å². The van der Waals surface area contributed by atoms with Gasteiger partial charge >= 0.3 is 0 Å². The fraction of sp³-hybridized carbons (Fsp3) is 0.500. The van der Waals surface area contributed by atoms with Crippen LogP contribution in [0, 0.1) is 0 Å². The second-order valence-corrected chi connectivity index (χ2v) is 2.95. The molecule has 0 aromatic heterocycles. The number of hydrazone groups is 1. The summed E-state index contributed by atoms with van der Waals surface area (Å²) < 4.78 is 0. The first-order valence-corrected chi connectivity index (χ1v) is 4.54. The van der Waals surface area contributed by atoms with E-state index in [1.54, 1.807) is 0 Å². The molecule has 3 N–H and O–H groups in total. The molecule has 1 aliphatic heterocycles. The van der Waals surface area contributed by atoms with Crippen LogP contribution in [0.25, 0.3) is 0 Å². The van der Waals surface area contributed by atoms with Crippen LogP contribution >= 0.6 is 0 Å². The van der Waals surface area contributed by atoms with E-state index < -0.39 is 0 Å². The summed E-state index contributed by atoms with van der Waals surface area (Å²) in [6.07, 6.45) is 1.27. The Labute approximate surface area is 86.3 Å². The predicted molar refractivity (Wildman–Crippen MR) is 51.9 cm³/mol. The third-order valence-electron chi connectivity index (χ3n) is 1.77. The van der Waals surface area contributed by atoms with Crippen LogP contribution < -0.4 is 16.1 Å². The molecule has 7 nitrogen and oxygen atoms in total. The van der Waals surface area contributed by atoms with Gasteiger partial charge in [0, 0.05) is 13.1 Å². The lowest BCUT2D eigenvalue weighted by molar-refractivity contribution is -0.120. The van der Waals surface area contributed by atoms with Gasteiger partial charge in [0.05, 0.1) is 6.42 Å². The van der Waals surface area contributed by atoms with Gasteiger partial charge in [-0.25, -0.2) is 5.43 Å². The topological polar surface area (TPSA) is 99.7 Å². The third kappa shape index (κ3) is 3.75. The molecule has 3 amide bonds. The Morgan fingerprint density at radius 2 is 2.33 bits per heavy atom. The molecule has 0 saturated heterocycles. The minimum absolute atomic E-state index is 0.0262. The summed E-state index contributed by atoms with van der Waals surface area (Å²) in [5.41, 5.74) is 2.39. The van der Waals surface area contributed by atoms with Gasteiger partial charge in [-0.05, 0) is 6.42 Å². The SMILES string of the molecule is O=CNCCCNC(=O)C1=NNC(=O)C1. The molecule has 7 heteroatoms. The van der Waals surface area contributed by atoms with Gasteiger partial charge in [-0.1, -0.05) is 0 Å². The average Bonchev–Trinajstić information content (AvgIpc) is 2.64. The Kier molecular flexibility index (Phi) is 4.27. The number of amides is 3. The molecule has 0 atom stereocenters. The summed E-state index contributed by atoms with van der Waals surface area (Å²) in [7, 11) is 0. The van der Waals surface area contributed by atoms with Crippen molar-refractivity contribution in [2.24, 2.45) is 5.10 Å². The van der Waals surface area contributed by atoms with E-state index >= 15 is 0 Å². The lowest BCUT2D eigenvalue weighted by Crippen LogP contribution is -2.32. The summed E-state index contributed by atoms with van der Waals surface area (Å²) in [6.45, 7) is 0.945. The van der Waals surface area contributed by atoms with E-state index in [0.717, 1.165) is 0 Å². The van der Waals surface area contributed by atoms with Gasteiger partial charge in [0.15, 0.2) is 0 Å². The molecule has 0 aliphatic carbocycles. The van der Waals surface area contributed by atoms with Crippen molar-refractivity contribution in [1.82, 2.24) is 16.1 Å². The molecule has 1 heterocycles. The molecule has 0 fully saturated rings. The fourth-order valence-electron chi connectivity index (χ4n) is 1.05. The highest BCUT2D eigenvalue weighted by Crippen LogP contribution is 1.94. The highest BCUT2D eigenvalue weighted by atomic mass is 16.2. The summed E-state index contributed by atoms with van der Waals surface area (Å²) >= 11 is 0. The Morgan fingerprint density at radius 3 is 2.93 bits per heavy atom. The molecule has 0 aromatic rings. The van der Waals surface area contributed by atoms with Crippen LogP contribution in [0.4, 0.5) is 0 Å². The van der Waals surface area contributed by atoms with E-state index in [1.807, 2.05) is 0 Å². The maximum atomic E-state index is 11.3. The molecule has 0 saturated carbocycles. The molecular formula is C8H12N4O3. The largest absolute Gasteiger partial charge is 0.359 e. The Morgan fingerprint density at radius 1 is 1.53 bits per heavy atom. The summed E-state index contributed by atoms with van der Waals surface area (Å²) in [5, 5.41) is 8.62. The van der Waals surface area contributed by atoms with Crippen LogP contribution in [0.2, 0.25) is 0 Å². The van der Waals surface area contributed by atoms with Crippen molar-refractivity contribution in [2.45, 2.75) is 12.8 Å². The maximum absolute atomic E-state index is 11.3. The quantitative estimate of drug-likeness (QED) is 0.354. The molecule has 0 bridgehead atoms. The van der Waals surface area contributed by atoms with Gasteiger partial charge < -0.3 is 10.6 Å². The molecule has 15 heavy (non-hydrogen) atoms. The van der Waals surface area contributed by atoms with E-state index in [9.17, 15) is 14.4 Å². The zero-order valence-corrected chi connectivity index (χ0v) is 8.08. The summed E-state index contributed by atoms with van der Waals surface area (Å²) in [4.78, 5) is 31.9. The van der Waals surface area contributed by atoms with Gasteiger partial charge in [-0.2, -0.15) is 5.10 Å². The van der Waals surface area contributed by atoms with Crippen LogP contribution in [-0.4, -0.2) is 37.0 Å². The fourth-order valence-corrected chi connectivity index (χ4v) is 1.05. The number of rotatable bonds is 6. The first-order chi connectivity index (χ1) is 7.24. The molecular weight excluding hydrogens is 200 g/mol. The molecule has 82 valence electrons. The predicted octanol–water partition coefficient (Wildman–Crippen LogP) is -1.89. The minimum Gasteiger partial charge on any atom is -0.359 e. The molecule has 1 aliphatic rings. The minimum atomic E-state index is -0.348. The lowest BCUT2D eigenvalue weighted by atomic mass is 10.2. The summed E-state index contributed by atoms with van der Waals surface area (Å²) in [6, 6.07) is 0. The zero-order valence-electron chi connectivity index (χ0n) is 8.08. The Hall–Kier alpha value is -1.92. The van der Waals surface area contributed by atoms with Crippen molar-refractivity contribution in [3.63, 3.8) is 0 Å². The second kappa shape index (κ2) is 5.74. The van der Waals surface area contributed by atoms with E-state index in [1.165, 1.54) is 0 Å². The smallest absolute Gasteiger partial charge is 0.268 e. The van der Waals surface area contributed by atoms with Crippen molar-refractivity contribution < 1.29 is 14.4 Å². The molecule has 0 spiro atoms. The first kappa shape index (κ1) is 11.2. The van der Waals surface area contributed by atoms with Gasteiger partial charge in [0.1, 0.15) is 5.71 Å². The lowest BCUT2D eigenvalue weighted by Gasteiger charge is -2.02. The van der Waals surface area contributed by atoms with Crippen molar-refractivity contribution >= 4 is 23.9 Å². The number of nitrogens with zero attached hydrogens (tertiary/aromatic N) is 1. The number of hydrogen-bond donors (Lipinski definition) is 3. The van der Waals surface area contributed by atoms with Gasteiger partial charge in [-0.15, -0.1) is 0 Å². The van der Waals surface area contributed by atoms with Gasteiger partial charge in [0.25, 0.3) is 5.91 Å². The van der Waals surface area contributed by atoms with Crippen LogP contribution in [-0.2, 0) is 14.4 Å². The summed E-state index contributed by atoms with van der Waals surface area (Å²) in [5.74, 6) is -0.623. The Balaban J connectivity index is 2.14. The first-order valence-electron chi connectivity index (χ1n) is 4.54.